The van der Waals surface area contributed by atoms with E-state index < -0.39 is 0 Å². The second-order valence-electron chi connectivity index (χ2n) is 3.99. The molecule has 1 aromatic heterocycles. The first-order valence-electron chi connectivity index (χ1n) is 5.24. The van der Waals surface area contributed by atoms with Crippen LogP contribution in [-0.2, 0) is 6.54 Å². The number of allylic oxidation sites excluding steroid dienone is 1. The summed E-state index contributed by atoms with van der Waals surface area (Å²) in [5.41, 5.74) is 4.46. The molecule has 1 unspecified atom stereocenters. The van der Waals surface area contributed by atoms with Crippen molar-refractivity contribution in [3.8, 4) is 0 Å². The van der Waals surface area contributed by atoms with E-state index in [0.717, 1.165) is 5.56 Å². The van der Waals surface area contributed by atoms with Gasteiger partial charge in [0, 0.05) is 25.4 Å². The van der Waals surface area contributed by atoms with Crippen LogP contribution in [0.1, 0.15) is 29.0 Å². The predicted molar refractivity (Wildman–Crippen MR) is 67.9 cm³/mol. The fourth-order valence-corrected chi connectivity index (χ4v) is 2.06. The number of hydrazine groups is 1. The van der Waals surface area contributed by atoms with E-state index in [1.807, 2.05) is 30.8 Å². The maximum absolute atomic E-state index is 11.9. The lowest BCUT2D eigenvalue weighted by atomic mass is 10.1. The summed E-state index contributed by atoms with van der Waals surface area (Å²) in [6.07, 6.45) is 3.52. The van der Waals surface area contributed by atoms with E-state index >= 15 is 0 Å². The van der Waals surface area contributed by atoms with Crippen LogP contribution in [-0.4, -0.2) is 22.5 Å². The SMILES string of the molecule is CC1c2ccn(CC=C(Cl)Cl)c2C(=O)NN1C. The standard InChI is InChI=1S/C11H13Cl2N3O/c1-7-8-3-5-16(6-4-9(12)13)10(8)11(17)14-15(7)2/h3-5,7H,6H2,1-2H3,(H,14,17). The second kappa shape index (κ2) is 4.72. The summed E-state index contributed by atoms with van der Waals surface area (Å²) in [6, 6.07) is 2.10. The van der Waals surface area contributed by atoms with Crippen LogP contribution in [0.2, 0.25) is 0 Å². The number of hydrogen-bond acceptors (Lipinski definition) is 2. The fourth-order valence-electron chi connectivity index (χ4n) is 1.93. The van der Waals surface area contributed by atoms with Crippen molar-refractivity contribution >= 4 is 29.1 Å². The molecular weight excluding hydrogens is 261 g/mol. The van der Waals surface area contributed by atoms with Crippen LogP contribution >= 0.6 is 23.2 Å². The van der Waals surface area contributed by atoms with Gasteiger partial charge < -0.3 is 4.57 Å². The van der Waals surface area contributed by atoms with Gasteiger partial charge in [0.1, 0.15) is 10.2 Å². The number of hydrogen-bond donors (Lipinski definition) is 1. The highest BCUT2D eigenvalue weighted by Gasteiger charge is 2.29. The summed E-state index contributed by atoms with van der Waals surface area (Å²) in [7, 11) is 1.85. The van der Waals surface area contributed by atoms with E-state index in [1.165, 1.54) is 0 Å². The monoisotopic (exact) mass is 273 g/mol. The van der Waals surface area contributed by atoms with Gasteiger partial charge in [0.2, 0.25) is 0 Å². The molecule has 1 atom stereocenters. The van der Waals surface area contributed by atoms with Crippen molar-refractivity contribution in [2.45, 2.75) is 19.5 Å². The number of nitrogens with zero attached hydrogens (tertiary/aromatic N) is 2. The van der Waals surface area contributed by atoms with E-state index in [2.05, 4.69) is 5.43 Å². The third-order valence-corrected chi connectivity index (χ3v) is 3.27. The van der Waals surface area contributed by atoms with Crippen LogP contribution in [0.15, 0.2) is 22.8 Å². The van der Waals surface area contributed by atoms with Gasteiger partial charge in [-0.3, -0.25) is 10.2 Å². The molecule has 2 rings (SSSR count). The molecule has 0 aromatic carbocycles. The number of aromatic nitrogens is 1. The van der Waals surface area contributed by atoms with Crippen LogP contribution in [0.4, 0.5) is 0 Å². The summed E-state index contributed by atoms with van der Waals surface area (Å²) in [5.74, 6) is -0.107. The van der Waals surface area contributed by atoms with Crippen molar-refractivity contribution in [2.24, 2.45) is 0 Å². The Balaban J connectivity index is 2.37. The minimum absolute atomic E-state index is 0.107. The Morgan fingerprint density at radius 2 is 2.29 bits per heavy atom. The van der Waals surface area contributed by atoms with Gasteiger partial charge in [0.05, 0.1) is 6.04 Å². The molecule has 0 fully saturated rings. The van der Waals surface area contributed by atoms with Crippen molar-refractivity contribution in [1.82, 2.24) is 15.0 Å². The molecule has 0 saturated heterocycles. The van der Waals surface area contributed by atoms with E-state index in [-0.39, 0.29) is 16.4 Å². The summed E-state index contributed by atoms with van der Waals surface area (Å²) in [4.78, 5) is 11.9. The van der Waals surface area contributed by atoms with Crippen LogP contribution < -0.4 is 5.43 Å². The molecule has 4 nitrogen and oxygen atoms in total. The first-order valence-corrected chi connectivity index (χ1v) is 6.00. The molecule has 2 heterocycles. The Bertz CT molecular complexity index is 477. The highest BCUT2D eigenvalue weighted by atomic mass is 35.5. The van der Waals surface area contributed by atoms with Gasteiger partial charge in [-0.1, -0.05) is 23.2 Å². The van der Waals surface area contributed by atoms with Gasteiger partial charge in [-0.15, -0.1) is 0 Å². The Hall–Kier alpha value is -0.970. The van der Waals surface area contributed by atoms with Crippen LogP contribution in [0.25, 0.3) is 0 Å². The van der Waals surface area contributed by atoms with E-state index in [0.29, 0.717) is 12.2 Å². The number of carbonyl (C=O) groups excluding carboxylic acids is 1. The normalized spacial score (nSPS) is 19.8. The first kappa shape index (κ1) is 12.5. The highest BCUT2D eigenvalue weighted by Crippen LogP contribution is 2.26. The van der Waals surface area contributed by atoms with Gasteiger partial charge in [-0.25, -0.2) is 5.01 Å². The minimum Gasteiger partial charge on any atom is -0.339 e. The lowest BCUT2D eigenvalue weighted by molar-refractivity contribution is 0.0713. The fraction of sp³-hybridized carbons (Fsp3) is 0.364. The number of carbonyl (C=O) groups is 1. The second-order valence-corrected chi connectivity index (χ2v) is 5.00. The smallest absolute Gasteiger partial charge is 0.282 e. The summed E-state index contributed by atoms with van der Waals surface area (Å²) in [6.45, 7) is 2.52. The largest absolute Gasteiger partial charge is 0.339 e. The Morgan fingerprint density at radius 1 is 1.59 bits per heavy atom. The number of amides is 1. The zero-order valence-electron chi connectivity index (χ0n) is 9.58. The zero-order chi connectivity index (χ0) is 12.6. The van der Waals surface area contributed by atoms with Crippen LogP contribution in [0.3, 0.4) is 0 Å². The molecule has 1 N–H and O–H groups in total. The average molecular weight is 274 g/mol. The summed E-state index contributed by atoms with van der Waals surface area (Å²) in [5, 5.41) is 1.79. The summed E-state index contributed by atoms with van der Waals surface area (Å²) < 4.78 is 2.03. The Labute approximate surface area is 110 Å². The van der Waals surface area contributed by atoms with Gasteiger partial charge in [-0.2, -0.15) is 0 Å². The van der Waals surface area contributed by atoms with Gasteiger partial charge in [-0.05, 0) is 19.1 Å². The van der Waals surface area contributed by atoms with Crippen LogP contribution in [0, 0.1) is 0 Å². The number of nitrogens with one attached hydrogen (secondary N) is 1. The minimum atomic E-state index is -0.107. The van der Waals surface area contributed by atoms with Crippen molar-refractivity contribution in [3.63, 3.8) is 0 Å². The molecular formula is C11H13Cl2N3O. The Kier molecular flexibility index (Phi) is 3.47. The zero-order valence-corrected chi connectivity index (χ0v) is 11.1. The molecule has 0 aliphatic carbocycles. The lowest BCUT2D eigenvalue weighted by Gasteiger charge is -2.30. The molecule has 0 bridgehead atoms. The molecule has 0 spiro atoms. The number of halogens is 2. The quantitative estimate of drug-likeness (QED) is 0.899. The van der Waals surface area contributed by atoms with Crippen molar-refractivity contribution in [2.75, 3.05) is 7.05 Å². The molecule has 1 aromatic rings. The maximum Gasteiger partial charge on any atom is 0.282 e. The van der Waals surface area contributed by atoms with Crippen LogP contribution in [0.5, 0.6) is 0 Å². The molecule has 1 amide bonds. The number of rotatable bonds is 2. The average Bonchev–Trinajstić information content (AvgIpc) is 2.67. The molecule has 1 aliphatic rings. The molecule has 17 heavy (non-hydrogen) atoms. The van der Waals surface area contributed by atoms with Gasteiger partial charge >= 0.3 is 0 Å². The Morgan fingerprint density at radius 3 is 2.94 bits per heavy atom. The molecule has 92 valence electrons. The van der Waals surface area contributed by atoms with Gasteiger partial charge in [0.15, 0.2) is 0 Å². The highest BCUT2D eigenvalue weighted by molar-refractivity contribution is 6.55. The van der Waals surface area contributed by atoms with E-state index in [4.69, 9.17) is 23.2 Å². The predicted octanol–water partition coefficient (Wildman–Crippen LogP) is 2.46. The third-order valence-electron chi connectivity index (χ3n) is 2.96. The van der Waals surface area contributed by atoms with E-state index in [1.54, 1.807) is 11.1 Å². The molecule has 0 radical (unpaired) electrons. The maximum atomic E-state index is 11.9. The molecule has 6 heteroatoms. The van der Waals surface area contributed by atoms with Crippen molar-refractivity contribution in [1.29, 1.82) is 0 Å². The molecule has 1 aliphatic heterocycles. The summed E-state index contributed by atoms with van der Waals surface area (Å²) >= 11 is 11.1. The van der Waals surface area contributed by atoms with E-state index in [9.17, 15) is 4.79 Å². The topological polar surface area (TPSA) is 37.3 Å². The van der Waals surface area contributed by atoms with Crippen molar-refractivity contribution < 1.29 is 4.79 Å². The third kappa shape index (κ3) is 2.34. The van der Waals surface area contributed by atoms with Gasteiger partial charge in [0.25, 0.3) is 5.91 Å². The molecule has 0 saturated carbocycles. The lowest BCUT2D eigenvalue weighted by Crippen LogP contribution is -2.46. The first-order chi connectivity index (χ1) is 8.00. The number of fused-ring (bicyclic) bond motifs is 1. The van der Waals surface area contributed by atoms with Crippen molar-refractivity contribution in [3.05, 3.63) is 34.1 Å².